The Labute approximate surface area is 118 Å². The van der Waals surface area contributed by atoms with Crippen molar-refractivity contribution in [1.82, 2.24) is 0 Å². The Kier molecular flexibility index (Phi) is 7.31. The summed E-state index contributed by atoms with van der Waals surface area (Å²) in [6.07, 6.45) is 0.919. The Hall–Kier alpha value is -0.340. The molecule has 0 aliphatic carbocycles. The summed E-state index contributed by atoms with van der Waals surface area (Å²) in [7, 11) is -1.79. The molecule has 0 bridgehead atoms. The van der Waals surface area contributed by atoms with Gasteiger partial charge in [-0.1, -0.05) is 6.92 Å². The molecule has 0 aromatic heterocycles. The van der Waals surface area contributed by atoms with Gasteiger partial charge in [0.15, 0.2) is 0 Å². The average Bonchev–Trinajstić information content (AvgIpc) is 2.12. The fourth-order valence-corrected chi connectivity index (χ4v) is 2.78. The van der Waals surface area contributed by atoms with Gasteiger partial charge >= 0.3 is 5.97 Å². The highest BCUT2D eigenvalue weighted by molar-refractivity contribution is 7.44. The molecule has 0 aromatic carbocycles. The minimum absolute atomic E-state index is 0.209. The van der Waals surface area contributed by atoms with Gasteiger partial charge in [0.1, 0.15) is 5.60 Å². The van der Waals surface area contributed by atoms with Crippen molar-refractivity contribution >= 4 is 13.8 Å². The molecule has 0 saturated carbocycles. The van der Waals surface area contributed by atoms with Gasteiger partial charge in [-0.25, -0.2) is 0 Å². The zero-order valence-corrected chi connectivity index (χ0v) is 14.3. The third kappa shape index (κ3) is 11.2. The SMILES string of the molecule is CC(C[PH](=O)CCOC(C)(C)C)C(=O)OC(C)(C)C. The number of ether oxygens (including phenoxy) is 2. The van der Waals surface area contributed by atoms with Crippen LogP contribution >= 0.6 is 7.80 Å². The summed E-state index contributed by atoms with van der Waals surface area (Å²) in [4.78, 5) is 11.8. The van der Waals surface area contributed by atoms with E-state index in [1.165, 1.54) is 0 Å². The Balaban J connectivity index is 4.02. The molecule has 0 amide bonds. The van der Waals surface area contributed by atoms with Crippen LogP contribution in [0.3, 0.4) is 0 Å². The lowest BCUT2D eigenvalue weighted by Crippen LogP contribution is -2.28. The summed E-state index contributed by atoms with van der Waals surface area (Å²) in [6.45, 7) is 13.6. The van der Waals surface area contributed by atoms with Crippen LogP contribution < -0.4 is 0 Å². The van der Waals surface area contributed by atoms with Crippen molar-refractivity contribution < 1.29 is 18.8 Å². The van der Waals surface area contributed by atoms with Gasteiger partial charge in [0.25, 0.3) is 0 Å². The van der Waals surface area contributed by atoms with Crippen LogP contribution in [-0.4, -0.2) is 36.1 Å². The molecular formula is C14H29O4P. The van der Waals surface area contributed by atoms with Crippen molar-refractivity contribution in [2.45, 2.75) is 59.7 Å². The number of hydrogen-bond acceptors (Lipinski definition) is 4. The van der Waals surface area contributed by atoms with Gasteiger partial charge in [0.2, 0.25) is 0 Å². The van der Waals surface area contributed by atoms with E-state index in [1.807, 2.05) is 41.5 Å². The largest absolute Gasteiger partial charge is 0.460 e. The highest BCUT2D eigenvalue weighted by atomic mass is 31.1. The summed E-state index contributed by atoms with van der Waals surface area (Å²) in [5.41, 5.74) is -0.699. The molecule has 0 spiro atoms. The number of carbonyl (C=O) groups is 1. The normalized spacial score (nSPS) is 15.9. The maximum atomic E-state index is 11.9. The molecule has 19 heavy (non-hydrogen) atoms. The molecule has 4 nitrogen and oxygen atoms in total. The van der Waals surface area contributed by atoms with Crippen molar-refractivity contribution in [3.63, 3.8) is 0 Å². The van der Waals surface area contributed by atoms with Crippen molar-refractivity contribution in [3.8, 4) is 0 Å². The van der Waals surface area contributed by atoms with Gasteiger partial charge in [-0.05, 0) is 41.5 Å². The van der Waals surface area contributed by atoms with Crippen LogP contribution in [0.1, 0.15) is 48.5 Å². The van der Waals surface area contributed by atoms with Gasteiger partial charge in [-0.3, -0.25) is 4.79 Å². The lowest BCUT2D eigenvalue weighted by molar-refractivity contribution is -0.158. The summed E-state index contributed by atoms with van der Waals surface area (Å²) < 4.78 is 22.7. The van der Waals surface area contributed by atoms with E-state index >= 15 is 0 Å². The van der Waals surface area contributed by atoms with Crippen LogP contribution in [0, 0.1) is 5.92 Å². The molecule has 5 heteroatoms. The predicted molar refractivity (Wildman–Crippen MR) is 79.4 cm³/mol. The zero-order valence-electron chi connectivity index (χ0n) is 13.3. The monoisotopic (exact) mass is 292 g/mol. The Morgan fingerprint density at radius 3 is 2.05 bits per heavy atom. The van der Waals surface area contributed by atoms with Gasteiger partial charge in [-0.2, -0.15) is 0 Å². The van der Waals surface area contributed by atoms with Gasteiger partial charge in [0.05, 0.1) is 25.9 Å². The molecular weight excluding hydrogens is 263 g/mol. The lowest BCUT2D eigenvalue weighted by Gasteiger charge is -2.22. The van der Waals surface area contributed by atoms with E-state index < -0.39 is 13.4 Å². The second-order valence-electron chi connectivity index (χ2n) is 6.89. The van der Waals surface area contributed by atoms with Crippen LogP contribution in [0.5, 0.6) is 0 Å². The van der Waals surface area contributed by atoms with E-state index in [0.717, 1.165) is 0 Å². The first kappa shape index (κ1) is 18.7. The zero-order chi connectivity index (χ0) is 15.3. The summed E-state index contributed by atoms with van der Waals surface area (Å²) >= 11 is 0. The van der Waals surface area contributed by atoms with Gasteiger partial charge < -0.3 is 14.0 Å². The van der Waals surface area contributed by atoms with Crippen molar-refractivity contribution in [1.29, 1.82) is 0 Å². The number of esters is 1. The number of rotatable bonds is 6. The summed E-state index contributed by atoms with van der Waals surface area (Å²) in [6, 6.07) is 0. The first-order valence-electron chi connectivity index (χ1n) is 6.79. The Morgan fingerprint density at radius 2 is 1.63 bits per heavy atom. The summed E-state index contributed by atoms with van der Waals surface area (Å²) in [5, 5.41) is 0. The molecule has 0 aromatic rings. The van der Waals surface area contributed by atoms with Crippen molar-refractivity contribution in [3.05, 3.63) is 0 Å². The first-order chi connectivity index (χ1) is 8.41. The highest BCUT2D eigenvalue weighted by Gasteiger charge is 2.23. The second kappa shape index (κ2) is 7.44. The van der Waals surface area contributed by atoms with E-state index in [1.54, 1.807) is 6.92 Å². The molecule has 0 heterocycles. The Bertz CT molecular complexity index is 312. The molecule has 0 radical (unpaired) electrons. The second-order valence-corrected chi connectivity index (χ2v) is 8.87. The molecule has 0 fully saturated rings. The molecule has 0 rings (SSSR count). The van der Waals surface area contributed by atoms with Crippen molar-refractivity contribution in [2.24, 2.45) is 5.92 Å². The standard InChI is InChI=1S/C14H29O4P/c1-11(12(15)18-14(5,6)7)10-19(16)9-8-17-13(2,3)4/h11,19H,8-10H2,1-7H3. The maximum Gasteiger partial charge on any atom is 0.309 e. The quantitative estimate of drug-likeness (QED) is 0.556. The van der Waals surface area contributed by atoms with Crippen molar-refractivity contribution in [2.75, 3.05) is 18.9 Å². The van der Waals surface area contributed by atoms with E-state index in [9.17, 15) is 9.36 Å². The number of carbonyl (C=O) groups excluding carboxylic acids is 1. The predicted octanol–water partition coefficient (Wildman–Crippen LogP) is 3.34. The minimum atomic E-state index is -1.79. The first-order valence-corrected chi connectivity index (χ1v) is 8.61. The van der Waals surface area contributed by atoms with Crippen LogP contribution in [0.4, 0.5) is 0 Å². The molecule has 0 N–H and O–H groups in total. The van der Waals surface area contributed by atoms with Crippen LogP contribution in [-0.2, 0) is 18.8 Å². The fraction of sp³-hybridized carbons (Fsp3) is 0.929. The molecule has 0 aliphatic rings. The van der Waals surface area contributed by atoms with E-state index in [2.05, 4.69) is 0 Å². The molecule has 2 unspecified atom stereocenters. The van der Waals surface area contributed by atoms with E-state index in [0.29, 0.717) is 18.9 Å². The lowest BCUT2D eigenvalue weighted by atomic mass is 10.1. The Morgan fingerprint density at radius 1 is 1.11 bits per heavy atom. The third-order valence-corrected chi connectivity index (χ3v) is 4.09. The smallest absolute Gasteiger partial charge is 0.309 e. The highest BCUT2D eigenvalue weighted by Crippen LogP contribution is 2.26. The van der Waals surface area contributed by atoms with Crippen LogP contribution in [0.25, 0.3) is 0 Å². The van der Waals surface area contributed by atoms with Crippen LogP contribution in [0.15, 0.2) is 0 Å². The van der Waals surface area contributed by atoms with Gasteiger partial charge in [0, 0.05) is 12.3 Å². The fourth-order valence-electron chi connectivity index (χ4n) is 1.40. The van der Waals surface area contributed by atoms with E-state index in [-0.39, 0.29) is 17.5 Å². The maximum absolute atomic E-state index is 11.9. The number of hydrogen-bond donors (Lipinski definition) is 0. The van der Waals surface area contributed by atoms with Gasteiger partial charge in [-0.15, -0.1) is 0 Å². The average molecular weight is 292 g/mol. The molecule has 0 saturated heterocycles. The minimum Gasteiger partial charge on any atom is -0.460 e. The summed E-state index contributed by atoms with van der Waals surface area (Å²) in [5.74, 6) is -0.595. The molecule has 114 valence electrons. The molecule has 2 atom stereocenters. The molecule has 0 aliphatic heterocycles. The van der Waals surface area contributed by atoms with Crippen LogP contribution in [0.2, 0.25) is 0 Å². The van der Waals surface area contributed by atoms with E-state index in [4.69, 9.17) is 9.47 Å². The topological polar surface area (TPSA) is 52.6 Å². The third-order valence-electron chi connectivity index (χ3n) is 2.26.